The third-order valence-corrected chi connectivity index (χ3v) is 4.66. The zero-order valence-corrected chi connectivity index (χ0v) is 17.4. The van der Waals surface area contributed by atoms with Gasteiger partial charge in [-0.15, -0.1) is 0 Å². The molecule has 1 N–H and O–H groups in total. The van der Waals surface area contributed by atoms with Gasteiger partial charge in [-0.2, -0.15) is 5.10 Å². The van der Waals surface area contributed by atoms with E-state index in [9.17, 15) is 0 Å². The monoisotopic (exact) mass is 383 g/mol. The lowest BCUT2D eigenvalue weighted by Crippen LogP contribution is -2.25. The molecular formula is C21H29N5O2. The summed E-state index contributed by atoms with van der Waals surface area (Å²) in [5, 5.41) is 8.10. The first kappa shape index (κ1) is 19.9. The minimum atomic E-state index is -0.123. The van der Waals surface area contributed by atoms with Crippen molar-refractivity contribution in [3.8, 4) is 11.5 Å². The summed E-state index contributed by atoms with van der Waals surface area (Å²) >= 11 is 0. The van der Waals surface area contributed by atoms with Crippen molar-refractivity contribution in [3.05, 3.63) is 59.9 Å². The van der Waals surface area contributed by atoms with Crippen LogP contribution in [0.3, 0.4) is 0 Å². The quantitative estimate of drug-likeness (QED) is 0.678. The summed E-state index contributed by atoms with van der Waals surface area (Å²) in [6.07, 6.45) is 7.73. The molecular weight excluding hydrogens is 354 g/mol. The number of nitrogens with zero attached hydrogens (tertiary/aromatic N) is 4. The molecule has 1 aromatic carbocycles. The predicted molar refractivity (Wildman–Crippen MR) is 109 cm³/mol. The molecule has 150 valence electrons. The normalized spacial score (nSPS) is 12.8. The first-order valence-electron chi connectivity index (χ1n) is 9.29. The van der Waals surface area contributed by atoms with Crippen LogP contribution in [0.1, 0.15) is 43.8 Å². The van der Waals surface area contributed by atoms with Crippen LogP contribution in [-0.2, 0) is 19.1 Å². The van der Waals surface area contributed by atoms with E-state index >= 15 is 0 Å². The Morgan fingerprint density at radius 1 is 1.11 bits per heavy atom. The molecule has 28 heavy (non-hydrogen) atoms. The van der Waals surface area contributed by atoms with Crippen molar-refractivity contribution >= 4 is 0 Å². The maximum absolute atomic E-state index is 5.45. The number of aromatic nitrogens is 4. The summed E-state index contributed by atoms with van der Waals surface area (Å²) in [4.78, 5) is 4.56. The van der Waals surface area contributed by atoms with Crippen molar-refractivity contribution in [1.82, 2.24) is 24.6 Å². The molecule has 0 spiro atoms. The van der Waals surface area contributed by atoms with Crippen LogP contribution in [0.5, 0.6) is 11.5 Å². The fraction of sp³-hybridized carbons (Fsp3) is 0.429. The topological polar surface area (TPSA) is 66.1 Å². The van der Waals surface area contributed by atoms with Gasteiger partial charge in [0.15, 0.2) is 0 Å². The van der Waals surface area contributed by atoms with Crippen molar-refractivity contribution in [1.29, 1.82) is 0 Å². The molecule has 0 bridgehead atoms. The van der Waals surface area contributed by atoms with Crippen LogP contribution >= 0.6 is 0 Å². The SMILES string of the molecule is COc1cc(OC)cc(C(NCc2cnn(C(C)(C)C)c2)c2nccn2C)c1. The highest BCUT2D eigenvalue weighted by molar-refractivity contribution is 5.41. The van der Waals surface area contributed by atoms with Crippen LogP contribution in [0.2, 0.25) is 0 Å². The Morgan fingerprint density at radius 3 is 2.29 bits per heavy atom. The minimum Gasteiger partial charge on any atom is -0.497 e. The van der Waals surface area contributed by atoms with Gasteiger partial charge < -0.3 is 14.0 Å². The van der Waals surface area contributed by atoms with Crippen LogP contribution in [-0.4, -0.2) is 33.6 Å². The number of nitrogens with one attached hydrogen (secondary N) is 1. The van der Waals surface area contributed by atoms with Crippen LogP contribution in [0.15, 0.2) is 43.0 Å². The fourth-order valence-corrected chi connectivity index (χ4v) is 3.05. The number of aryl methyl sites for hydroxylation is 1. The molecule has 0 radical (unpaired) electrons. The molecule has 0 fully saturated rings. The van der Waals surface area contributed by atoms with E-state index in [1.165, 1.54) is 0 Å². The number of imidazole rings is 1. The summed E-state index contributed by atoms with van der Waals surface area (Å²) in [6.45, 7) is 7.07. The highest BCUT2D eigenvalue weighted by Crippen LogP contribution is 2.29. The Kier molecular flexibility index (Phi) is 5.74. The number of hydrogen-bond acceptors (Lipinski definition) is 5. The third kappa shape index (κ3) is 4.36. The van der Waals surface area contributed by atoms with Gasteiger partial charge in [0.2, 0.25) is 0 Å². The van der Waals surface area contributed by atoms with Gasteiger partial charge in [0, 0.05) is 43.8 Å². The summed E-state index contributed by atoms with van der Waals surface area (Å²) in [5.74, 6) is 2.41. The number of ether oxygens (including phenoxy) is 2. The lowest BCUT2D eigenvalue weighted by Gasteiger charge is -2.21. The maximum atomic E-state index is 5.45. The average molecular weight is 383 g/mol. The van der Waals surface area contributed by atoms with Crippen molar-refractivity contribution < 1.29 is 9.47 Å². The van der Waals surface area contributed by atoms with E-state index in [1.807, 2.05) is 46.9 Å². The van der Waals surface area contributed by atoms with Crippen LogP contribution in [0, 0.1) is 0 Å². The number of rotatable bonds is 7. The predicted octanol–water partition coefficient (Wildman–Crippen LogP) is 3.27. The second-order valence-electron chi connectivity index (χ2n) is 7.82. The van der Waals surface area contributed by atoms with Crippen molar-refractivity contribution in [2.45, 2.75) is 38.9 Å². The van der Waals surface area contributed by atoms with Gasteiger partial charge in [-0.25, -0.2) is 4.98 Å². The molecule has 0 aliphatic carbocycles. The zero-order chi connectivity index (χ0) is 20.3. The fourth-order valence-electron chi connectivity index (χ4n) is 3.05. The summed E-state index contributed by atoms with van der Waals surface area (Å²) in [6, 6.07) is 5.76. The van der Waals surface area contributed by atoms with Gasteiger partial charge in [0.05, 0.1) is 32.0 Å². The van der Waals surface area contributed by atoms with Gasteiger partial charge in [0.1, 0.15) is 17.3 Å². The zero-order valence-electron chi connectivity index (χ0n) is 17.4. The summed E-state index contributed by atoms with van der Waals surface area (Å²) < 4.78 is 14.9. The van der Waals surface area contributed by atoms with Gasteiger partial charge in [-0.3, -0.25) is 10.00 Å². The molecule has 2 aromatic heterocycles. The molecule has 3 rings (SSSR count). The molecule has 0 saturated heterocycles. The lowest BCUT2D eigenvalue weighted by atomic mass is 10.0. The van der Waals surface area contributed by atoms with E-state index in [2.05, 4.69) is 42.4 Å². The van der Waals surface area contributed by atoms with E-state index in [0.29, 0.717) is 6.54 Å². The average Bonchev–Trinajstić information content (AvgIpc) is 3.31. The largest absolute Gasteiger partial charge is 0.497 e. The van der Waals surface area contributed by atoms with Crippen molar-refractivity contribution in [2.75, 3.05) is 14.2 Å². The number of methoxy groups -OCH3 is 2. The molecule has 0 amide bonds. The Morgan fingerprint density at radius 2 is 1.79 bits per heavy atom. The van der Waals surface area contributed by atoms with Crippen LogP contribution in [0.25, 0.3) is 0 Å². The first-order valence-corrected chi connectivity index (χ1v) is 9.29. The smallest absolute Gasteiger partial charge is 0.130 e. The molecule has 0 aliphatic rings. The Bertz CT molecular complexity index is 901. The standard InChI is InChI=1S/C21H29N5O2/c1-21(2,3)26-14-15(13-24-26)12-23-19(20-22-7-8-25(20)4)16-9-17(27-5)11-18(10-16)28-6/h7-11,13-14,19,23H,12H2,1-6H3. The molecule has 1 atom stereocenters. The molecule has 3 aromatic rings. The number of benzene rings is 1. The molecule has 0 saturated carbocycles. The Balaban J connectivity index is 1.91. The molecule has 1 unspecified atom stereocenters. The van der Waals surface area contributed by atoms with Crippen molar-refractivity contribution in [3.63, 3.8) is 0 Å². The summed E-state index contributed by atoms with van der Waals surface area (Å²) in [5.41, 5.74) is 2.09. The first-order chi connectivity index (χ1) is 13.3. The molecule has 0 aliphatic heterocycles. The van der Waals surface area contributed by atoms with Gasteiger partial charge in [0.25, 0.3) is 0 Å². The second-order valence-corrected chi connectivity index (χ2v) is 7.82. The lowest BCUT2D eigenvalue weighted by molar-refractivity contribution is 0.355. The van der Waals surface area contributed by atoms with Gasteiger partial charge in [-0.05, 0) is 38.5 Å². The highest BCUT2D eigenvalue weighted by atomic mass is 16.5. The summed E-state index contributed by atoms with van der Waals surface area (Å²) in [7, 11) is 5.30. The Hall–Kier alpha value is -2.80. The second kappa shape index (κ2) is 8.06. The van der Waals surface area contributed by atoms with Crippen LogP contribution in [0.4, 0.5) is 0 Å². The Labute approximate surface area is 166 Å². The maximum Gasteiger partial charge on any atom is 0.130 e. The molecule has 7 heteroatoms. The number of hydrogen-bond donors (Lipinski definition) is 1. The minimum absolute atomic E-state index is 0.0442. The third-order valence-electron chi connectivity index (χ3n) is 4.66. The molecule has 7 nitrogen and oxygen atoms in total. The van der Waals surface area contributed by atoms with E-state index in [0.717, 1.165) is 28.5 Å². The van der Waals surface area contributed by atoms with E-state index in [-0.39, 0.29) is 11.6 Å². The van der Waals surface area contributed by atoms with Crippen molar-refractivity contribution in [2.24, 2.45) is 7.05 Å². The molecule has 2 heterocycles. The van der Waals surface area contributed by atoms with Gasteiger partial charge >= 0.3 is 0 Å². The van der Waals surface area contributed by atoms with Crippen LogP contribution < -0.4 is 14.8 Å². The van der Waals surface area contributed by atoms with E-state index < -0.39 is 0 Å². The van der Waals surface area contributed by atoms with E-state index in [4.69, 9.17) is 9.47 Å². The van der Waals surface area contributed by atoms with Gasteiger partial charge in [-0.1, -0.05) is 0 Å². The van der Waals surface area contributed by atoms with E-state index in [1.54, 1.807) is 20.4 Å². The highest BCUT2D eigenvalue weighted by Gasteiger charge is 2.21.